The lowest BCUT2D eigenvalue weighted by Crippen LogP contribution is -2.51. The summed E-state index contributed by atoms with van der Waals surface area (Å²) < 4.78 is 0. The second-order valence-corrected chi connectivity index (χ2v) is 13.3. The maximum atomic E-state index is 13.5. The minimum absolute atomic E-state index is 0.0955. The Hall–Kier alpha value is -2.08. The highest BCUT2D eigenvalue weighted by Gasteiger charge is 2.40. The van der Waals surface area contributed by atoms with Crippen molar-refractivity contribution in [2.24, 2.45) is 17.1 Å². The summed E-state index contributed by atoms with van der Waals surface area (Å²) in [7, 11) is 0. The maximum Gasteiger partial charge on any atom is 0.227 e. The van der Waals surface area contributed by atoms with Gasteiger partial charge < -0.3 is 15.5 Å². The normalized spacial score (nSPS) is 21.2. The second kappa shape index (κ2) is 12.2. The molecule has 2 N–H and O–H groups in total. The molecule has 1 unspecified atom stereocenters. The number of amides is 2. The van der Waals surface area contributed by atoms with E-state index in [4.69, 9.17) is 28.9 Å². The fourth-order valence-corrected chi connectivity index (χ4v) is 7.02. The summed E-state index contributed by atoms with van der Waals surface area (Å²) >= 11 is 12.4. The van der Waals surface area contributed by atoms with Gasteiger partial charge in [0.25, 0.3) is 0 Å². The molecule has 2 aromatic rings. The standard InChI is InChI=1S/C32H43Cl2N3O2/c1-22-6-7-26(16-23(22)2)32(11-15-36-13-8-25(9-14-36)31(3,4)30(35)39)10-5-12-37(21-32)29(38)19-24-17-27(33)20-28(34)18-24/h6-7,16-18,20,25H,5,8-15,19,21H2,1-4H3,(H2,35,39). The molecule has 2 aromatic carbocycles. The molecule has 0 saturated carbocycles. The van der Waals surface area contributed by atoms with E-state index in [0.29, 0.717) is 28.9 Å². The van der Waals surface area contributed by atoms with Gasteiger partial charge in [-0.05, 0) is 112 Å². The molecular formula is C32H43Cl2N3O2. The first-order chi connectivity index (χ1) is 18.4. The van der Waals surface area contributed by atoms with Crippen molar-refractivity contribution in [2.75, 3.05) is 32.7 Å². The summed E-state index contributed by atoms with van der Waals surface area (Å²) in [6.45, 7) is 12.7. The Kier molecular flexibility index (Phi) is 9.35. The lowest BCUT2D eigenvalue weighted by Gasteiger charge is -2.45. The predicted octanol–water partition coefficient (Wildman–Crippen LogP) is 6.33. The number of piperidine rings is 2. The van der Waals surface area contributed by atoms with Crippen LogP contribution in [-0.2, 0) is 21.4 Å². The highest BCUT2D eigenvalue weighted by Crippen LogP contribution is 2.40. The molecule has 0 spiro atoms. The van der Waals surface area contributed by atoms with E-state index in [2.05, 4.69) is 41.8 Å². The van der Waals surface area contributed by atoms with Crippen molar-refractivity contribution < 1.29 is 9.59 Å². The molecule has 2 saturated heterocycles. The van der Waals surface area contributed by atoms with Gasteiger partial charge in [0.15, 0.2) is 0 Å². The highest BCUT2D eigenvalue weighted by atomic mass is 35.5. The molecule has 39 heavy (non-hydrogen) atoms. The topological polar surface area (TPSA) is 66.6 Å². The largest absolute Gasteiger partial charge is 0.369 e. The zero-order valence-electron chi connectivity index (χ0n) is 23.9. The van der Waals surface area contributed by atoms with Crippen LogP contribution >= 0.6 is 23.2 Å². The molecule has 212 valence electrons. The third-order valence-corrected chi connectivity index (χ3v) is 9.91. The van der Waals surface area contributed by atoms with E-state index in [9.17, 15) is 9.59 Å². The number of aryl methyl sites for hydroxylation is 2. The van der Waals surface area contributed by atoms with Crippen LogP contribution in [0.3, 0.4) is 0 Å². The van der Waals surface area contributed by atoms with Crippen LogP contribution in [0.15, 0.2) is 36.4 Å². The first-order valence-electron chi connectivity index (χ1n) is 14.2. The van der Waals surface area contributed by atoms with Crippen molar-refractivity contribution in [3.05, 3.63) is 68.7 Å². The molecule has 0 bridgehead atoms. The zero-order chi connectivity index (χ0) is 28.4. The highest BCUT2D eigenvalue weighted by molar-refractivity contribution is 6.34. The Morgan fingerprint density at radius 1 is 1.00 bits per heavy atom. The van der Waals surface area contributed by atoms with Crippen molar-refractivity contribution in [3.63, 3.8) is 0 Å². The van der Waals surface area contributed by atoms with Crippen molar-refractivity contribution in [1.82, 2.24) is 9.80 Å². The van der Waals surface area contributed by atoms with Crippen molar-refractivity contribution in [2.45, 2.75) is 71.6 Å². The summed E-state index contributed by atoms with van der Waals surface area (Å²) in [6.07, 6.45) is 5.30. The van der Waals surface area contributed by atoms with Gasteiger partial charge >= 0.3 is 0 Å². The number of hydrogen-bond acceptors (Lipinski definition) is 3. The summed E-state index contributed by atoms with van der Waals surface area (Å²) in [5.41, 5.74) is 9.89. The van der Waals surface area contributed by atoms with Crippen LogP contribution in [0.5, 0.6) is 0 Å². The Morgan fingerprint density at radius 3 is 2.28 bits per heavy atom. The third kappa shape index (κ3) is 6.99. The lowest BCUT2D eigenvalue weighted by molar-refractivity contribution is -0.133. The van der Waals surface area contributed by atoms with Crippen molar-refractivity contribution >= 4 is 35.0 Å². The Labute approximate surface area is 244 Å². The molecule has 5 nitrogen and oxygen atoms in total. The van der Waals surface area contributed by atoms with Gasteiger partial charge in [-0.3, -0.25) is 9.59 Å². The first-order valence-corrected chi connectivity index (χ1v) is 15.0. The molecule has 2 amide bonds. The van der Waals surface area contributed by atoms with Crippen molar-refractivity contribution in [1.29, 1.82) is 0 Å². The Morgan fingerprint density at radius 2 is 1.67 bits per heavy atom. The average molecular weight is 573 g/mol. The van der Waals surface area contributed by atoms with Gasteiger partial charge in [-0.15, -0.1) is 0 Å². The molecule has 0 radical (unpaired) electrons. The molecule has 0 aliphatic carbocycles. The fourth-order valence-electron chi connectivity index (χ4n) is 6.45. The fraction of sp³-hybridized carbons (Fsp3) is 0.562. The van der Waals surface area contributed by atoms with Gasteiger partial charge in [-0.2, -0.15) is 0 Å². The Balaban J connectivity index is 1.50. The smallest absolute Gasteiger partial charge is 0.227 e. The quantitative estimate of drug-likeness (QED) is 0.402. The minimum Gasteiger partial charge on any atom is -0.369 e. The molecule has 2 fully saturated rings. The number of halogens is 2. The molecule has 4 rings (SSSR count). The molecule has 2 aliphatic heterocycles. The predicted molar refractivity (Wildman–Crippen MR) is 160 cm³/mol. The molecule has 1 atom stereocenters. The number of carbonyl (C=O) groups is 2. The van der Waals surface area contributed by atoms with E-state index in [-0.39, 0.29) is 17.2 Å². The van der Waals surface area contributed by atoms with Crippen LogP contribution < -0.4 is 5.73 Å². The number of hydrogen-bond donors (Lipinski definition) is 1. The van der Waals surface area contributed by atoms with E-state index < -0.39 is 5.41 Å². The number of carbonyl (C=O) groups excluding carboxylic acids is 2. The SMILES string of the molecule is Cc1ccc(C2(CCN3CCC(C(C)(C)C(N)=O)CC3)CCCN(C(=O)Cc3cc(Cl)cc(Cl)c3)C2)cc1C. The van der Waals surface area contributed by atoms with Gasteiger partial charge in [0.1, 0.15) is 0 Å². The molecule has 0 aromatic heterocycles. The summed E-state index contributed by atoms with van der Waals surface area (Å²) in [5.74, 6) is 0.236. The first kappa shape index (κ1) is 29.9. The van der Waals surface area contributed by atoms with E-state index in [0.717, 1.165) is 63.8 Å². The number of rotatable bonds is 8. The van der Waals surface area contributed by atoms with Gasteiger partial charge in [-0.1, -0.05) is 55.2 Å². The van der Waals surface area contributed by atoms with Gasteiger partial charge in [0.05, 0.1) is 6.42 Å². The van der Waals surface area contributed by atoms with Gasteiger partial charge in [0, 0.05) is 34.0 Å². The van der Waals surface area contributed by atoms with Gasteiger partial charge in [0.2, 0.25) is 11.8 Å². The lowest BCUT2D eigenvalue weighted by atomic mass is 9.70. The van der Waals surface area contributed by atoms with E-state index >= 15 is 0 Å². The molecular weight excluding hydrogens is 529 g/mol. The maximum absolute atomic E-state index is 13.5. The van der Waals surface area contributed by atoms with Crippen LogP contribution in [0.25, 0.3) is 0 Å². The second-order valence-electron chi connectivity index (χ2n) is 12.4. The monoisotopic (exact) mass is 571 g/mol. The molecule has 7 heteroatoms. The summed E-state index contributed by atoms with van der Waals surface area (Å²) in [4.78, 5) is 30.1. The molecule has 2 aliphatic rings. The van der Waals surface area contributed by atoms with Gasteiger partial charge in [-0.25, -0.2) is 0 Å². The number of nitrogens with two attached hydrogens (primary N) is 1. The summed E-state index contributed by atoms with van der Waals surface area (Å²) in [6, 6.07) is 12.2. The number of benzene rings is 2. The molecule has 2 heterocycles. The van der Waals surface area contributed by atoms with Crippen LogP contribution in [-0.4, -0.2) is 54.3 Å². The van der Waals surface area contributed by atoms with E-state index in [1.165, 1.54) is 16.7 Å². The summed E-state index contributed by atoms with van der Waals surface area (Å²) in [5, 5.41) is 1.10. The number of nitrogens with zero attached hydrogens (tertiary/aromatic N) is 2. The van der Waals surface area contributed by atoms with E-state index in [1.54, 1.807) is 6.07 Å². The minimum atomic E-state index is -0.468. The Bertz CT molecular complexity index is 1190. The number of primary amides is 1. The van der Waals surface area contributed by atoms with Crippen LogP contribution in [0, 0.1) is 25.2 Å². The van der Waals surface area contributed by atoms with Crippen LogP contribution in [0.2, 0.25) is 10.0 Å². The average Bonchev–Trinajstić information content (AvgIpc) is 2.88. The zero-order valence-corrected chi connectivity index (χ0v) is 25.4. The van der Waals surface area contributed by atoms with E-state index in [1.807, 2.05) is 26.0 Å². The van der Waals surface area contributed by atoms with Crippen LogP contribution in [0.4, 0.5) is 0 Å². The third-order valence-electron chi connectivity index (χ3n) is 9.48. The van der Waals surface area contributed by atoms with Crippen LogP contribution in [0.1, 0.15) is 68.2 Å². The van der Waals surface area contributed by atoms with Crippen molar-refractivity contribution in [3.8, 4) is 0 Å². The number of likely N-dealkylation sites (tertiary alicyclic amines) is 2.